The van der Waals surface area contributed by atoms with Crippen LogP contribution in [0.3, 0.4) is 0 Å². The predicted octanol–water partition coefficient (Wildman–Crippen LogP) is 35.8. The SMILES string of the molecule is CC(C)(C)[CH]=[Mo]=[N]c1c(Cl)cccc1Cl.Cc1c(Br)cc2c(c1-c1c(O)c(Br)cc3c1CCCC3)CCCC2.Cc1ccc(C)[n-]1.Cc1ccc(C)[n-]1.Cc1cccc(C)c1[N]=[Mo]=[CH]C(C)(C)c1ccccc1.Cc1cccc(C)c1[N]=[Mo]=[CH]C(C)(C)c1ccccc1.Oc1c(-c2ccccc2)cc(-c2ccccc2)cc1-c1ccccc1.Oc1c(-c2ccccc2)cc(F)cc1-c1ccccc1.c1cc[n-]c1. The molecule has 0 spiro atoms. The van der Waals surface area contributed by atoms with E-state index >= 15 is 0 Å². The van der Waals surface area contributed by atoms with Crippen molar-refractivity contribution in [3.05, 3.63) is 461 Å². The Bertz CT molecular complexity index is 6740. The average Bonchev–Trinajstić information content (AvgIpc) is 0.994. The van der Waals surface area contributed by atoms with E-state index in [2.05, 4.69) is 280 Å². The van der Waals surface area contributed by atoms with Gasteiger partial charge in [-0.2, -0.15) is 35.2 Å². The molecule has 736 valence electrons. The number of rotatable bonds is 13. The van der Waals surface area contributed by atoms with Crippen molar-refractivity contribution in [1.29, 1.82) is 0 Å². The van der Waals surface area contributed by atoms with Crippen molar-refractivity contribution < 1.29 is 73.5 Å². The molecule has 0 amide bonds. The maximum atomic E-state index is 13.9. The summed E-state index contributed by atoms with van der Waals surface area (Å²) in [6.45, 7) is 34.3. The van der Waals surface area contributed by atoms with Gasteiger partial charge in [-0.15, -0.1) is 0 Å². The Labute approximate surface area is 898 Å². The van der Waals surface area contributed by atoms with Gasteiger partial charge >= 0.3 is 369 Å². The van der Waals surface area contributed by atoms with E-state index in [0.717, 1.165) is 109 Å². The number of fused-ring (bicyclic) bond motifs is 2. The number of nitrogens with zero attached hydrogens (tertiary/aromatic N) is 6. The predicted molar refractivity (Wildman–Crippen MR) is 600 cm³/mol. The fourth-order valence-electron chi connectivity index (χ4n) is 16.3. The van der Waals surface area contributed by atoms with Crippen LogP contribution in [0, 0.1) is 73.5 Å². The molecule has 0 unspecified atom stereocenters. The quantitative estimate of drug-likeness (QED) is 0.0982. The fraction of sp³-hybridized carbons (Fsp3) is 0.214. The Kier molecular flexibility index (Phi) is 43.8. The van der Waals surface area contributed by atoms with Crippen molar-refractivity contribution in [2.24, 2.45) is 15.9 Å². The molecule has 9 nitrogen and oxygen atoms in total. The largest absolute Gasteiger partial charge is 0.670 e. The molecule has 0 saturated carbocycles. The molecule has 0 saturated heterocycles. The molecule has 0 radical (unpaired) electrons. The van der Waals surface area contributed by atoms with Crippen LogP contribution in [0.5, 0.6) is 17.2 Å². The van der Waals surface area contributed by atoms with Gasteiger partial charge in [-0.3, -0.25) is 0 Å². The summed E-state index contributed by atoms with van der Waals surface area (Å²) >= 11 is 17.9. The van der Waals surface area contributed by atoms with Gasteiger partial charge in [0.1, 0.15) is 23.1 Å². The summed E-state index contributed by atoms with van der Waals surface area (Å²) in [7, 11) is 0. The minimum Gasteiger partial charge on any atom is -0.670 e. The second kappa shape index (κ2) is 55.8. The molecule has 17 heteroatoms. The first kappa shape index (κ1) is 112. The third-order valence-corrected chi connectivity index (χ3v) is 33.6. The fourth-order valence-corrected chi connectivity index (χ4v) is 23.8. The molecular weight excluding hydrogens is 2180 g/mol. The second-order valence-corrected chi connectivity index (χ2v) is 44.7. The number of hydrogen-bond acceptors (Lipinski definition) is 6. The molecule has 14 aromatic carbocycles. The maximum Gasteiger partial charge on any atom is 0.131 e. The molecule has 0 bridgehead atoms. The van der Waals surface area contributed by atoms with Gasteiger partial charge in [0, 0.05) is 32.3 Å². The summed E-state index contributed by atoms with van der Waals surface area (Å²) in [5, 5.41) is 33.7. The molecule has 3 aromatic heterocycles. The minimum absolute atomic E-state index is 0.101. The van der Waals surface area contributed by atoms with E-state index < -0.39 is 53.8 Å². The summed E-state index contributed by atoms with van der Waals surface area (Å²) in [5.41, 5.74) is 33.7. The summed E-state index contributed by atoms with van der Waals surface area (Å²) in [5.74, 6) is 0.478. The number of phenols is 3. The summed E-state index contributed by atoms with van der Waals surface area (Å²) in [6, 6.07) is 112. The van der Waals surface area contributed by atoms with Gasteiger partial charge in [0.2, 0.25) is 0 Å². The van der Waals surface area contributed by atoms with Crippen LogP contribution in [-0.2, 0) is 90.3 Å². The second-order valence-electron chi connectivity index (χ2n) is 37.6. The average molecular weight is 2310 g/mol. The van der Waals surface area contributed by atoms with Gasteiger partial charge in [-0.25, -0.2) is 4.39 Å². The molecule has 19 rings (SSSR count). The van der Waals surface area contributed by atoms with Crippen molar-refractivity contribution >= 4 is 85.3 Å². The Morgan fingerprint density at radius 3 is 0.965 bits per heavy atom. The van der Waals surface area contributed by atoms with Gasteiger partial charge in [0.05, 0.1) is 4.47 Å². The zero-order valence-electron chi connectivity index (χ0n) is 84.5. The first-order chi connectivity index (χ1) is 68.6. The van der Waals surface area contributed by atoms with Crippen LogP contribution in [-0.4, -0.2) is 28.5 Å². The summed E-state index contributed by atoms with van der Waals surface area (Å²) in [4.78, 5) is 11.9. The van der Waals surface area contributed by atoms with Crippen molar-refractivity contribution in [3.8, 4) is 84.0 Å². The van der Waals surface area contributed by atoms with Crippen molar-refractivity contribution in [2.45, 2.75) is 173 Å². The molecule has 3 heterocycles. The van der Waals surface area contributed by atoms with Gasteiger partial charge < -0.3 is 30.3 Å². The van der Waals surface area contributed by atoms with Gasteiger partial charge in [0.15, 0.2) is 0 Å². The van der Waals surface area contributed by atoms with Crippen LogP contribution in [0.2, 0.25) is 10.0 Å². The van der Waals surface area contributed by atoms with Crippen LogP contribution in [0.25, 0.3) is 66.8 Å². The van der Waals surface area contributed by atoms with Crippen LogP contribution < -0.4 is 15.0 Å². The number of benzene rings is 14. The van der Waals surface area contributed by atoms with Gasteiger partial charge in [0.25, 0.3) is 0 Å². The number of aryl methyl sites for hydroxylation is 10. The van der Waals surface area contributed by atoms with Crippen LogP contribution in [0.4, 0.5) is 21.5 Å². The third kappa shape index (κ3) is 34.0. The number of halogens is 5. The van der Waals surface area contributed by atoms with Crippen LogP contribution in [0.15, 0.2) is 372 Å². The smallest absolute Gasteiger partial charge is 0.131 e. The Morgan fingerprint density at radius 1 is 0.322 bits per heavy atom. The van der Waals surface area contributed by atoms with Crippen LogP contribution in [0.1, 0.15) is 158 Å². The van der Waals surface area contributed by atoms with E-state index in [0.29, 0.717) is 32.7 Å². The van der Waals surface area contributed by atoms with Crippen LogP contribution >= 0.6 is 55.1 Å². The van der Waals surface area contributed by atoms with E-state index in [9.17, 15) is 19.7 Å². The first-order valence-corrected chi connectivity index (χ1v) is 56.6. The maximum absolute atomic E-state index is 13.9. The molecule has 3 N–H and O–H groups in total. The van der Waals surface area contributed by atoms with E-state index in [-0.39, 0.29) is 27.8 Å². The number of phenolic OH excluding ortho intramolecular Hbond substituents is 3. The Balaban J connectivity index is 0.000000158. The van der Waals surface area contributed by atoms with Crippen molar-refractivity contribution in [1.82, 2.24) is 15.0 Å². The van der Waals surface area contributed by atoms with Crippen molar-refractivity contribution in [3.63, 3.8) is 0 Å². The van der Waals surface area contributed by atoms with E-state index in [1.54, 1.807) is 12.4 Å². The summed E-state index contributed by atoms with van der Waals surface area (Å²) in [6.07, 6.45) is 13.0. The molecule has 17 aromatic rings. The minimum atomic E-state index is -0.524. The van der Waals surface area contributed by atoms with E-state index in [1.807, 2.05) is 222 Å². The number of aromatic hydroxyl groups is 3. The zero-order valence-corrected chi connectivity index (χ0v) is 95.2. The molecule has 143 heavy (non-hydrogen) atoms. The molecule has 0 aliphatic heterocycles. The first-order valence-electron chi connectivity index (χ1n) is 48.1. The Hall–Kier alpha value is -11.1. The molecule has 0 fully saturated rings. The Morgan fingerprint density at radius 2 is 0.629 bits per heavy atom. The summed E-state index contributed by atoms with van der Waals surface area (Å²) < 4.78 is 37.2. The van der Waals surface area contributed by atoms with Gasteiger partial charge in [-0.1, -0.05) is 232 Å². The van der Waals surface area contributed by atoms with E-state index in [1.165, 1.54) is 120 Å². The number of hydrogen-bond donors (Lipinski definition) is 3. The van der Waals surface area contributed by atoms with Crippen molar-refractivity contribution in [2.75, 3.05) is 0 Å². The normalized spacial score (nSPS) is 11.5. The molecule has 2 aliphatic rings. The number of aromatic nitrogens is 3. The zero-order chi connectivity index (χ0) is 103. The third-order valence-electron chi connectivity index (χ3n) is 24.0. The molecule has 2 aliphatic carbocycles. The van der Waals surface area contributed by atoms with Gasteiger partial charge in [-0.05, 0) is 177 Å². The standard InChI is InChI=1S/C24H18O.C21H22Br2O.C18H13FO.2C10H12.2C8H9N.C6H3Cl2N.2C6H8N.C5H10.C4H4N.3Mo/c25-24-22(19-12-6-2-7-13-19)16-21(18-10-4-1-5-11-18)17-23(24)20-14-8-3-9-15-20;1-12-17(22)10-13-6-2-4-8-15(13)19(12)20-16-9-5-3-7-14(16)11-18(23)21(20)24;19-15-11-16(13-7-3-1-4-8-13)18(20)17(12-15)14-9-5-2-6-10-14;2*1-10(2,3)9-7-5-4-6-8-9;2*1-6-4-3-5-7(2)8(6)9;7-4-2-1-3-5(8)6(4)9;2*1-5-3-4-6(2)7-5;1-5(2,3)4;1-2-4-5-3-1;;;/h1-17,25H;10-11,24H,2-9H2,1H3;1-12,20H;2*1,4-8H,2-3H3;2*3-5H,1-2H3;1-3H;2*3-4H,1-2H3;1H,2-4H3;1-4H;;;/q;;;;;;;;2*-1;;-1;;;. The molecule has 0 atom stereocenters. The molecular formula is C126H128Br2Cl2FMo3N6O3-3. The monoisotopic (exact) mass is 2310 g/mol. The van der Waals surface area contributed by atoms with E-state index in [4.69, 9.17) is 30.2 Å². The topological polar surface area (TPSA) is 140 Å².